The van der Waals surface area contributed by atoms with Gasteiger partial charge in [0.25, 0.3) is 5.91 Å². The number of hydrogen-bond acceptors (Lipinski definition) is 5. The molecule has 1 amide bonds. The van der Waals surface area contributed by atoms with E-state index in [1.54, 1.807) is 38.1 Å². The summed E-state index contributed by atoms with van der Waals surface area (Å²) in [5, 5.41) is 9.82. The number of nitrogens with two attached hydrogens (primary N) is 1. The lowest BCUT2D eigenvalue weighted by molar-refractivity contribution is -0.135. The van der Waals surface area contributed by atoms with Crippen molar-refractivity contribution < 1.29 is 14.7 Å². The van der Waals surface area contributed by atoms with Crippen LogP contribution in [0.4, 0.5) is 11.4 Å². The van der Waals surface area contributed by atoms with Crippen molar-refractivity contribution in [2.75, 3.05) is 17.2 Å². The van der Waals surface area contributed by atoms with Crippen LogP contribution >= 0.6 is 11.3 Å². The van der Waals surface area contributed by atoms with Crippen molar-refractivity contribution in [1.29, 1.82) is 0 Å². The second-order valence-electron chi connectivity index (χ2n) is 4.49. The first kappa shape index (κ1) is 15.0. The molecule has 0 bridgehead atoms. The first-order valence-corrected chi connectivity index (χ1v) is 7.04. The van der Waals surface area contributed by atoms with Gasteiger partial charge in [-0.1, -0.05) is 12.1 Å². The number of carboxylic acids is 1. The maximum atomic E-state index is 12.6. The molecule has 0 fully saturated rings. The molecule has 0 radical (unpaired) electrons. The van der Waals surface area contributed by atoms with Gasteiger partial charge in [0.15, 0.2) is 0 Å². The standard InChI is InChI=1S/C14H15N3O3S/c1-8-13(21-9(2)16-8)14(20)17(7-12(18)19)11-6-4-3-5-10(11)15/h3-6H,7,15H2,1-2H3,(H,18,19). The van der Waals surface area contributed by atoms with E-state index in [2.05, 4.69) is 4.98 Å². The highest BCUT2D eigenvalue weighted by molar-refractivity contribution is 7.13. The van der Waals surface area contributed by atoms with Gasteiger partial charge < -0.3 is 10.8 Å². The second-order valence-corrected chi connectivity index (χ2v) is 5.69. The van der Waals surface area contributed by atoms with E-state index in [0.717, 1.165) is 9.91 Å². The van der Waals surface area contributed by atoms with Crippen LogP contribution in [-0.2, 0) is 4.79 Å². The Hall–Kier alpha value is -2.41. The lowest BCUT2D eigenvalue weighted by Gasteiger charge is -2.21. The number of rotatable bonds is 4. The highest BCUT2D eigenvalue weighted by Crippen LogP contribution is 2.27. The summed E-state index contributed by atoms with van der Waals surface area (Å²) in [5.41, 5.74) is 7.18. The number of anilines is 2. The first-order valence-electron chi connectivity index (χ1n) is 6.22. The van der Waals surface area contributed by atoms with Gasteiger partial charge in [0.05, 0.1) is 22.1 Å². The number of para-hydroxylation sites is 2. The maximum Gasteiger partial charge on any atom is 0.323 e. The van der Waals surface area contributed by atoms with Crippen molar-refractivity contribution in [2.45, 2.75) is 13.8 Å². The summed E-state index contributed by atoms with van der Waals surface area (Å²) >= 11 is 1.24. The number of nitrogens with zero attached hydrogens (tertiary/aromatic N) is 2. The molecular formula is C14H15N3O3S. The smallest absolute Gasteiger partial charge is 0.323 e. The van der Waals surface area contributed by atoms with Crippen LogP contribution in [0.5, 0.6) is 0 Å². The van der Waals surface area contributed by atoms with E-state index in [1.807, 2.05) is 0 Å². The maximum absolute atomic E-state index is 12.6. The molecule has 6 nitrogen and oxygen atoms in total. The molecule has 2 aromatic rings. The molecule has 0 atom stereocenters. The quantitative estimate of drug-likeness (QED) is 0.843. The van der Waals surface area contributed by atoms with E-state index in [1.165, 1.54) is 11.3 Å². The predicted molar refractivity (Wildman–Crippen MR) is 81.8 cm³/mol. The molecule has 110 valence electrons. The third-order valence-corrected chi connectivity index (χ3v) is 3.92. The Morgan fingerprint density at radius 1 is 1.33 bits per heavy atom. The van der Waals surface area contributed by atoms with Crippen LogP contribution in [0.3, 0.4) is 0 Å². The second kappa shape index (κ2) is 5.92. The van der Waals surface area contributed by atoms with Crippen LogP contribution in [0, 0.1) is 13.8 Å². The van der Waals surface area contributed by atoms with Crippen molar-refractivity contribution in [1.82, 2.24) is 4.98 Å². The summed E-state index contributed by atoms with van der Waals surface area (Å²) in [4.78, 5) is 29.5. The topological polar surface area (TPSA) is 96.5 Å². The van der Waals surface area contributed by atoms with E-state index in [0.29, 0.717) is 21.9 Å². The highest BCUT2D eigenvalue weighted by Gasteiger charge is 2.25. The summed E-state index contributed by atoms with van der Waals surface area (Å²) in [7, 11) is 0. The minimum Gasteiger partial charge on any atom is -0.480 e. The van der Waals surface area contributed by atoms with E-state index in [4.69, 9.17) is 10.8 Å². The third-order valence-electron chi connectivity index (χ3n) is 2.86. The predicted octanol–water partition coefficient (Wildman–Crippen LogP) is 2.07. The van der Waals surface area contributed by atoms with Crippen LogP contribution in [0.25, 0.3) is 0 Å². The number of carbonyl (C=O) groups is 2. The number of carbonyl (C=O) groups excluding carboxylic acids is 1. The van der Waals surface area contributed by atoms with Gasteiger partial charge in [-0.3, -0.25) is 14.5 Å². The van der Waals surface area contributed by atoms with Crippen molar-refractivity contribution in [3.05, 3.63) is 39.8 Å². The zero-order chi connectivity index (χ0) is 15.6. The fourth-order valence-electron chi connectivity index (χ4n) is 1.99. The molecule has 1 aromatic heterocycles. The Labute approximate surface area is 125 Å². The Morgan fingerprint density at radius 3 is 2.52 bits per heavy atom. The molecule has 0 aliphatic carbocycles. The van der Waals surface area contributed by atoms with Gasteiger partial charge in [0.1, 0.15) is 11.4 Å². The van der Waals surface area contributed by atoms with E-state index in [-0.39, 0.29) is 0 Å². The lowest BCUT2D eigenvalue weighted by atomic mass is 10.2. The largest absolute Gasteiger partial charge is 0.480 e. The van der Waals surface area contributed by atoms with Crippen molar-refractivity contribution in [2.24, 2.45) is 0 Å². The van der Waals surface area contributed by atoms with Crippen LogP contribution < -0.4 is 10.6 Å². The molecule has 0 spiro atoms. The monoisotopic (exact) mass is 305 g/mol. The number of aromatic nitrogens is 1. The fourth-order valence-corrected chi connectivity index (χ4v) is 2.86. The number of hydrogen-bond donors (Lipinski definition) is 2. The molecule has 0 unspecified atom stereocenters. The van der Waals surface area contributed by atoms with Crippen molar-refractivity contribution >= 4 is 34.6 Å². The number of benzene rings is 1. The fraction of sp³-hybridized carbons (Fsp3) is 0.214. The molecule has 2 rings (SSSR count). The van der Waals surface area contributed by atoms with Crippen LogP contribution in [0.15, 0.2) is 24.3 Å². The van der Waals surface area contributed by atoms with Gasteiger partial charge in [0, 0.05) is 0 Å². The molecule has 0 aliphatic rings. The van der Waals surface area contributed by atoms with Gasteiger partial charge >= 0.3 is 5.97 Å². The summed E-state index contributed by atoms with van der Waals surface area (Å²) in [6.07, 6.45) is 0. The summed E-state index contributed by atoms with van der Waals surface area (Å²) < 4.78 is 0. The molecular weight excluding hydrogens is 290 g/mol. The SMILES string of the molecule is Cc1nc(C)c(C(=O)N(CC(=O)O)c2ccccc2N)s1. The van der Waals surface area contributed by atoms with Gasteiger partial charge in [-0.15, -0.1) is 11.3 Å². The molecule has 7 heteroatoms. The number of carboxylic acid groups (broad SMARTS) is 1. The molecule has 0 aliphatic heterocycles. The number of amides is 1. The van der Waals surface area contributed by atoms with Crippen LogP contribution in [-0.4, -0.2) is 28.5 Å². The molecule has 0 saturated heterocycles. The molecule has 3 N–H and O–H groups in total. The van der Waals surface area contributed by atoms with Crippen LogP contribution in [0.1, 0.15) is 20.4 Å². The van der Waals surface area contributed by atoms with E-state index >= 15 is 0 Å². The van der Waals surface area contributed by atoms with Gasteiger partial charge in [0.2, 0.25) is 0 Å². The van der Waals surface area contributed by atoms with Crippen molar-refractivity contribution in [3.8, 4) is 0 Å². The third kappa shape index (κ3) is 3.19. The number of aryl methyl sites for hydroxylation is 2. The van der Waals surface area contributed by atoms with E-state index < -0.39 is 18.4 Å². The normalized spacial score (nSPS) is 10.4. The first-order chi connectivity index (χ1) is 9.90. The van der Waals surface area contributed by atoms with Gasteiger partial charge in [-0.2, -0.15) is 0 Å². The highest BCUT2D eigenvalue weighted by atomic mass is 32.1. The number of aliphatic carboxylic acids is 1. The average molecular weight is 305 g/mol. The Kier molecular flexibility index (Phi) is 4.23. The average Bonchev–Trinajstić information content (AvgIpc) is 2.75. The zero-order valence-corrected chi connectivity index (χ0v) is 12.5. The van der Waals surface area contributed by atoms with Gasteiger partial charge in [-0.25, -0.2) is 4.98 Å². The molecule has 21 heavy (non-hydrogen) atoms. The number of nitrogen functional groups attached to an aromatic ring is 1. The van der Waals surface area contributed by atoms with Crippen LogP contribution in [0.2, 0.25) is 0 Å². The summed E-state index contributed by atoms with van der Waals surface area (Å²) in [5.74, 6) is -1.51. The molecule has 1 heterocycles. The Balaban J connectivity index is 2.46. The minimum atomic E-state index is -1.11. The minimum absolute atomic E-state index is 0.353. The Bertz CT molecular complexity index is 697. The summed E-state index contributed by atoms with van der Waals surface area (Å²) in [6, 6.07) is 6.69. The van der Waals surface area contributed by atoms with E-state index in [9.17, 15) is 9.59 Å². The summed E-state index contributed by atoms with van der Waals surface area (Å²) in [6.45, 7) is 3.07. The lowest BCUT2D eigenvalue weighted by Crippen LogP contribution is -2.36. The zero-order valence-electron chi connectivity index (χ0n) is 11.7. The molecule has 1 aromatic carbocycles. The number of thiazole rings is 1. The van der Waals surface area contributed by atoms with Crippen molar-refractivity contribution in [3.63, 3.8) is 0 Å². The van der Waals surface area contributed by atoms with Gasteiger partial charge in [-0.05, 0) is 26.0 Å². The molecule has 0 saturated carbocycles. The Morgan fingerprint density at radius 2 is 2.00 bits per heavy atom.